The first kappa shape index (κ1) is 14.5. The number of carbonyl (C=O) groups excluding carboxylic acids is 1. The predicted molar refractivity (Wildman–Crippen MR) is 99.9 cm³/mol. The second kappa shape index (κ2) is 5.10. The van der Waals surface area contributed by atoms with Crippen molar-refractivity contribution in [2.24, 2.45) is 0 Å². The van der Waals surface area contributed by atoms with E-state index in [1.807, 2.05) is 18.2 Å². The lowest BCUT2D eigenvalue weighted by atomic mass is 9.95. The van der Waals surface area contributed by atoms with Crippen LogP contribution in [0.1, 0.15) is 10.4 Å². The van der Waals surface area contributed by atoms with Crippen LogP contribution in [0.25, 0.3) is 27.4 Å². The lowest BCUT2D eigenvalue weighted by molar-refractivity contribution is 0.0972. The molecule has 2 aliphatic heterocycles. The molecule has 3 aromatic carbocycles. The molecule has 0 spiro atoms. The molecule has 1 fully saturated rings. The van der Waals surface area contributed by atoms with Gasteiger partial charge in [-0.2, -0.15) is 0 Å². The summed E-state index contributed by atoms with van der Waals surface area (Å²) in [7, 11) is 2.15. The van der Waals surface area contributed by atoms with Gasteiger partial charge >= 0.3 is 0 Å². The van der Waals surface area contributed by atoms with Crippen molar-refractivity contribution in [1.29, 1.82) is 0 Å². The van der Waals surface area contributed by atoms with Gasteiger partial charge in [-0.3, -0.25) is 10.1 Å². The Hall–Kier alpha value is -2.79. The highest BCUT2D eigenvalue weighted by Gasteiger charge is 2.23. The van der Waals surface area contributed by atoms with E-state index in [0.29, 0.717) is 10.8 Å². The summed E-state index contributed by atoms with van der Waals surface area (Å²) in [5.74, 6) is -0.280. The zero-order valence-electron chi connectivity index (χ0n) is 14.0. The van der Waals surface area contributed by atoms with E-state index in [4.69, 9.17) is 0 Å². The lowest BCUT2D eigenvalue weighted by Crippen LogP contribution is -2.44. The molecule has 0 radical (unpaired) electrons. The van der Waals surface area contributed by atoms with Gasteiger partial charge in [0.15, 0.2) is 5.88 Å². The maximum atomic E-state index is 12.2. The van der Waals surface area contributed by atoms with Crippen LogP contribution in [0.5, 0.6) is 0 Å². The number of likely N-dealkylation sites (N-methyl/N-ethyl adjacent to an activating group) is 1. The molecule has 1 saturated heterocycles. The minimum Gasteiger partial charge on any atom is -0.494 e. The number of rotatable bonds is 1. The molecule has 0 aromatic heterocycles. The third-order valence-corrected chi connectivity index (χ3v) is 5.41. The van der Waals surface area contributed by atoms with Crippen LogP contribution in [0.4, 0.5) is 5.69 Å². The Balaban J connectivity index is 1.78. The van der Waals surface area contributed by atoms with E-state index >= 15 is 0 Å². The van der Waals surface area contributed by atoms with Crippen LogP contribution in [-0.2, 0) is 0 Å². The number of amides is 1. The number of hydrogen-bond donors (Lipinski definition) is 2. The highest BCUT2D eigenvalue weighted by Crippen LogP contribution is 2.32. The van der Waals surface area contributed by atoms with Crippen molar-refractivity contribution in [3.05, 3.63) is 47.2 Å². The Labute approximate surface area is 145 Å². The molecule has 126 valence electrons. The minimum absolute atomic E-state index is 0.0439. The fourth-order valence-electron chi connectivity index (χ4n) is 4.06. The number of benzene rings is 3. The number of carbonyl (C=O) groups is 1. The van der Waals surface area contributed by atoms with Gasteiger partial charge in [-0.15, -0.1) is 0 Å². The van der Waals surface area contributed by atoms with Gasteiger partial charge in [-0.1, -0.05) is 18.2 Å². The summed E-state index contributed by atoms with van der Waals surface area (Å²) in [5, 5.41) is 17.5. The molecule has 3 aromatic rings. The van der Waals surface area contributed by atoms with E-state index in [1.165, 1.54) is 5.69 Å². The summed E-state index contributed by atoms with van der Waals surface area (Å²) in [6, 6.07) is 12.4. The maximum Gasteiger partial charge on any atom is 0.258 e. The number of aliphatic hydroxyl groups excluding tert-OH is 1. The van der Waals surface area contributed by atoms with Crippen LogP contribution in [0.3, 0.4) is 0 Å². The Morgan fingerprint density at radius 1 is 1.04 bits per heavy atom. The Morgan fingerprint density at radius 2 is 1.80 bits per heavy atom. The maximum absolute atomic E-state index is 12.2. The van der Waals surface area contributed by atoms with Gasteiger partial charge in [0.2, 0.25) is 0 Å². The van der Waals surface area contributed by atoms with Crippen LogP contribution in [-0.4, -0.2) is 49.1 Å². The largest absolute Gasteiger partial charge is 0.494 e. The van der Waals surface area contributed by atoms with Gasteiger partial charge in [0.05, 0.1) is 10.8 Å². The Bertz CT molecular complexity index is 1080. The molecule has 0 atom stereocenters. The summed E-state index contributed by atoms with van der Waals surface area (Å²) in [6.45, 7) is 4.11. The van der Waals surface area contributed by atoms with Gasteiger partial charge < -0.3 is 14.9 Å². The van der Waals surface area contributed by atoms with E-state index in [-0.39, 0.29) is 11.8 Å². The fraction of sp³-hybridized carbons (Fsp3) is 0.250. The number of piperazine rings is 1. The predicted octanol–water partition coefficient (Wildman–Crippen LogP) is 1.83. The number of aliphatic hydroxyl groups is 1. The van der Waals surface area contributed by atoms with Crippen LogP contribution in [0.15, 0.2) is 36.4 Å². The number of fused-ring (bicyclic) bond motifs is 2. The fourth-order valence-corrected chi connectivity index (χ4v) is 4.06. The molecular weight excluding hydrogens is 314 g/mol. The van der Waals surface area contributed by atoms with Crippen molar-refractivity contribution in [2.45, 2.75) is 0 Å². The monoisotopic (exact) mass is 333 g/mol. The molecule has 0 aliphatic carbocycles. The van der Waals surface area contributed by atoms with E-state index in [2.05, 4.69) is 40.4 Å². The molecule has 2 aliphatic rings. The highest BCUT2D eigenvalue weighted by molar-refractivity contribution is 6.17. The summed E-state index contributed by atoms with van der Waals surface area (Å²) in [5.41, 5.74) is 1.74. The van der Waals surface area contributed by atoms with Crippen LogP contribution in [0.2, 0.25) is 0 Å². The first-order chi connectivity index (χ1) is 12.1. The molecule has 5 nitrogen and oxygen atoms in total. The molecule has 2 N–H and O–H groups in total. The molecule has 5 rings (SSSR count). The smallest absolute Gasteiger partial charge is 0.258 e. The third-order valence-electron chi connectivity index (χ3n) is 5.41. The van der Waals surface area contributed by atoms with E-state index < -0.39 is 0 Å². The van der Waals surface area contributed by atoms with Crippen LogP contribution in [0, 0.1) is 0 Å². The summed E-state index contributed by atoms with van der Waals surface area (Å²) >= 11 is 0. The van der Waals surface area contributed by atoms with Gasteiger partial charge in [0, 0.05) is 31.9 Å². The average molecular weight is 333 g/mol. The molecule has 25 heavy (non-hydrogen) atoms. The molecule has 0 bridgehead atoms. The summed E-state index contributed by atoms with van der Waals surface area (Å²) < 4.78 is 0. The van der Waals surface area contributed by atoms with Gasteiger partial charge in [0.25, 0.3) is 5.91 Å². The van der Waals surface area contributed by atoms with E-state index in [0.717, 1.165) is 47.7 Å². The van der Waals surface area contributed by atoms with Crippen molar-refractivity contribution in [3.63, 3.8) is 0 Å². The Kier molecular flexibility index (Phi) is 2.97. The number of hydrogen-bond acceptors (Lipinski definition) is 4. The standard InChI is InChI=1S/C20H19N3O2/c1-22-5-7-23(8-6-22)14-9-12-3-2-4-15-17(12)13(10-14)11-16-18(15)20(25)21-19(16)24/h2-4,9-11,25H,5-8H2,1H3,(H,21,24). The molecule has 5 heteroatoms. The molecule has 1 amide bonds. The first-order valence-electron chi connectivity index (χ1n) is 8.59. The van der Waals surface area contributed by atoms with E-state index in [1.54, 1.807) is 0 Å². The van der Waals surface area contributed by atoms with Crippen LogP contribution < -0.4 is 15.4 Å². The molecular formula is C20H19N3O2. The quantitative estimate of drug-likeness (QED) is 0.713. The normalized spacial score (nSPS) is 18.2. The Morgan fingerprint density at radius 3 is 2.60 bits per heavy atom. The summed E-state index contributed by atoms with van der Waals surface area (Å²) in [4.78, 5) is 16.9. The average Bonchev–Trinajstić information content (AvgIpc) is 2.90. The SMILES string of the molecule is CN1CCN(c2cc3cccc4c5c(cc(c2)c34)C(=O)NC=5O)CC1. The zero-order valence-corrected chi connectivity index (χ0v) is 14.0. The zero-order chi connectivity index (χ0) is 17.1. The van der Waals surface area contributed by atoms with Crippen LogP contribution >= 0.6 is 0 Å². The van der Waals surface area contributed by atoms with Gasteiger partial charge in [-0.25, -0.2) is 0 Å². The molecule has 0 unspecified atom stereocenters. The van der Waals surface area contributed by atoms with Gasteiger partial charge in [0.1, 0.15) is 0 Å². The van der Waals surface area contributed by atoms with Crippen molar-refractivity contribution in [2.75, 3.05) is 38.1 Å². The molecule has 2 heterocycles. The summed E-state index contributed by atoms with van der Waals surface area (Å²) in [6.07, 6.45) is 0. The number of anilines is 1. The lowest BCUT2D eigenvalue weighted by Gasteiger charge is -2.34. The van der Waals surface area contributed by atoms with Crippen molar-refractivity contribution >= 4 is 39.0 Å². The van der Waals surface area contributed by atoms with Crippen molar-refractivity contribution < 1.29 is 9.90 Å². The number of nitrogens with one attached hydrogen (secondary N) is 1. The van der Waals surface area contributed by atoms with Crippen molar-refractivity contribution in [1.82, 2.24) is 10.2 Å². The topological polar surface area (TPSA) is 55.8 Å². The highest BCUT2D eigenvalue weighted by atomic mass is 16.3. The van der Waals surface area contributed by atoms with E-state index in [9.17, 15) is 9.90 Å². The first-order valence-corrected chi connectivity index (χ1v) is 8.59. The minimum atomic E-state index is -0.236. The molecule has 0 saturated carbocycles. The van der Waals surface area contributed by atoms with Gasteiger partial charge in [-0.05, 0) is 46.8 Å². The second-order valence-corrected chi connectivity index (χ2v) is 6.96. The number of nitrogens with zero attached hydrogens (tertiary/aromatic N) is 2. The second-order valence-electron chi connectivity index (χ2n) is 6.96. The third kappa shape index (κ3) is 2.09. The van der Waals surface area contributed by atoms with Crippen molar-refractivity contribution in [3.8, 4) is 0 Å².